The zero-order valence-corrected chi connectivity index (χ0v) is 13.6. The second kappa shape index (κ2) is 8.78. The lowest BCUT2D eigenvalue weighted by molar-refractivity contribution is -0.126. The number of rotatable bonds is 4. The van der Waals surface area contributed by atoms with Crippen molar-refractivity contribution in [3.8, 4) is 0 Å². The van der Waals surface area contributed by atoms with Crippen LogP contribution in [0.5, 0.6) is 0 Å². The molecular weight excluding hydrogens is 326 g/mol. The number of hydrogen-bond acceptors (Lipinski definition) is 6. The lowest BCUT2D eigenvalue weighted by Gasteiger charge is -2.16. The van der Waals surface area contributed by atoms with Gasteiger partial charge in [0.25, 0.3) is 0 Å². The normalized spacial score (nSPS) is 18.3. The monoisotopic (exact) mass is 347 g/mol. The first-order valence-corrected chi connectivity index (χ1v) is 7.89. The van der Waals surface area contributed by atoms with Gasteiger partial charge in [0.1, 0.15) is 0 Å². The number of nitrogen functional groups attached to an aromatic ring is 1. The Morgan fingerprint density at radius 3 is 2.60 bits per heavy atom. The van der Waals surface area contributed by atoms with Crippen LogP contribution in [0.1, 0.15) is 12.8 Å². The topological polar surface area (TPSA) is 142 Å². The molecule has 1 aliphatic heterocycles. The van der Waals surface area contributed by atoms with Crippen molar-refractivity contribution in [2.75, 3.05) is 30.7 Å². The van der Waals surface area contributed by atoms with Crippen molar-refractivity contribution in [1.82, 2.24) is 16.0 Å². The Balaban J connectivity index is 1.82. The number of benzene rings is 1. The predicted octanol–water partition coefficient (Wildman–Crippen LogP) is -1.24. The van der Waals surface area contributed by atoms with Crippen molar-refractivity contribution in [2.45, 2.75) is 18.9 Å². The molecule has 1 aromatic carbocycles. The highest BCUT2D eigenvalue weighted by atomic mass is 16.2. The van der Waals surface area contributed by atoms with Gasteiger partial charge in [-0.15, -0.1) is 0 Å². The van der Waals surface area contributed by atoms with E-state index in [1.165, 1.54) is 0 Å². The molecule has 1 aromatic rings. The number of nitrogens with two attached hydrogens (primary N) is 1. The molecule has 1 atom stereocenters. The smallest absolute Gasteiger partial charge is 0.243 e. The minimum atomic E-state index is -0.711. The first-order valence-electron chi connectivity index (χ1n) is 7.89. The van der Waals surface area contributed by atoms with Crippen molar-refractivity contribution in [1.29, 1.82) is 0 Å². The first kappa shape index (κ1) is 18.4. The maximum atomic E-state index is 12.2. The van der Waals surface area contributed by atoms with Gasteiger partial charge in [0.15, 0.2) is 5.78 Å². The van der Waals surface area contributed by atoms with E-state index in [0.29, 0.717) is 11.4 Å². The second-order valence-electron chi connectivity index (χ2n) is 5.68. The summed E-state index contributed by atoms with van der Waals surface area (Å²) in [5, 5.41) is 10.4. The van der Waals surface area contributed by atoms with Gasteiger partial charge in [-0.2, -0.15) is 0 Å². The Morgan fingerprint density at radius 2 is 1.88 bits per heavy atom. The molecule has 0 radical (unpaired) electrons. The second-order valence-corrected chi connectivity index (χ2v) is 5.68. The SMILES string of the molecule is Nc1ccc(NC(=O)CNC(=O)C2CCC(=O)NCC(=O)CN2)cc1. The van der Waals surface area contributed by atoms with Gasteiger partial charge >= 0.3 is 0 Å². The number of carbonyl (C=O) groups excluding carboxylic acids is 4. The largest absolute Gasteiger partial charge is 0.399 e. The van der Waals surface area contributed by atoms with E-state index >= 15 is 0 Å². The van der Waals surface area contributed by atoms with Gasteiger partial charge in [0, 0.05) is 17.8 Å². The van der Waals surface area contributed by atoms with Crippen molar-refractivity contribution < 1.29 is 19.2 Å². The van der Waals surface area contributed by atoms with Crippen molar-refractivity contribution in [3.63, 3.8) is 0 Å². The Kier molecular flexibility index (Phi) is 6.47. The Morgan fingerprint density at radius 1 is 1.16 bits per heavy atom. The minimum absolute atomic E-state index is 0.0179. The molecule has 2 rings (SSSR count). The number of anilines is 2. The van der Waals surface area contributed by atoms with Crippen LogP contribution in [0.2, 0.25) is 0 Å². The summed E-state index contributed by atoms with van der Waals surface area (Å²) in [6.45, 7) is -0.290. The number of amides is 3. The summed E-state index contributed by atoms with van der Waals surface area (Å²) >= 11 is 0. The molecule has 0 spiro atoms. The molecule has 1 fully saturated rings. The summed E-state index contributed by atoms with van der Waals surface area (Å²) in [6, 6.07) is 5.89. The molecule has 0 aromatic heterocycles. The average molecular weight is 347 g/mol. The lowest BCUT2D eigenvalue weighted by Crippen LogP contribution is -2.47. The first-order chi connectivity index (χ1) is 11.9. The van der Waals surface area contributed by atoms with Gasteiger partial charge in [0.2, 0.25) is 17.7 Å². The van der Waals surface area contributed by atoms with Gasteiger partial charge < -0.3 is 21.7 Å². The van der Waals surface area contributed by atoms with Crippen LogP contribution >= 0.6 is 0 Å². The fraction of sp³-hybridized carbons (Fsp3) is 0.375. The zero-order valence-electron chi connectivity index (χ0n) is 13.6. The highest BCUT2D eigenvalue weighted by molar-refractivity contribution is 5.95. The molecule has 0 saturated carbocycles. The third kappa shape index (κ3) is 6.22. The molecule has 134 valence electrons. The summed E-state index contributed by atoms with van der Waals surface area (Å²) in [7, 11) is 0. The molecule has 1 saturated heterocycles. The van der Waals surface area contributed by atoms with E-state index in [0.717, 1.165) is 0 Å². The molecular formula is C16H21N5O4. The van der Waals surface area contributed by atoms with Gasteiger partial charge in [-0.05, 0) is 30.7 Å². The quantitative estimate of drug-likeness (QED) is 0.431. The fourth-order valence-electron chi connectivity index (χ4n) is 2.25. The lowest BCUT2D eigenvalue weighted by atomic mass is 10.1. The third-order valence-corrected chi connectivity index (χ3v) is 3.62. The van der Waals surface area contributed by atoms with Crippen LogP contribution in [0.15, 0.2) is 24.3 Å². The number of Topliss-reactive ketones (excluding diaryl/α,β-unsaturated/α-hetero) is 1. The fourth-order valence-corrected chi connectivity index (χ4v) is 2.25. The van der Waals surface area contributed by atoms with Crippen LogP contribution in [0.25, 0.3) is 0 Å². The third-order valence-electron chi connectivity index (χ3n) is 3.62. The van der Waals surface area contributed by atoms with E-state index in [4.69, 9.17) is 5.73 Å². The maximum Gasteiger partial charge on any atom is 0.243 e. The molecule has 1 unspecified atom stereocenters. The highest BCUT2D eigenvalue weighted by Crippen LogP contribution is 2.10. The van der Waals surface area contributed by atoms with Gasteiger partial charge in [0.05, 0.1) is 25.7 Å². The number of hydrogen-bond donors (Lipinski definition) is 5. The summed E-state index contributed by atoms with van der Waals surface area (Å²) in [4.78, 5) is 47.1. The van der Waals surface area contributed by atoms with Crippen LogP contribution in [-0.4, -0.2) is 49.2 Å². The molecule has 1 heterocycles. The summed E-state index contributed by atoms with van der Waals surface area (Å²) in [5.74, 6) is -1.32. The Bertz CT molecular complexity index is 639. The van der Waals surface area contributed by atoms with E-state index in [1.54, 1.807) is 24.3 Å². The van der Waals surface area contributed by atoms with E-state index in [2.05, 4.69) is 21.3 Å². The maximum absolute atomic E-state index is 12.2. The molecule has 25 heavy (non-hydrogen) atoms. The van der Waals surface area contributed by atoms with Crippen LogP contribution in [0, 0.1) is 0 Å². The van der Waals surface area contributed by atoms with Crippen LogP contribution in [0.3, 0.4) is 0 Å². The molecule has 1 aliphatic rings. The summed E-state index contributed by atoms with van der Waals surface area (Å²) < 4.78 is 0. The van der Waals surface area contributed by atoms with E-state index in [1.807, 2.05) is 0 Å². The van der Waals surface area contributed by atoms with E-state index in [-0.39, 0.29) is 44.2 Å². The van der Waals surface area contributed by atoms with Crippen molar-refractivity contribution >= 4 is 34.9 Å². The minimum Gasteiger partial charge on any atom is -0.399 e. The molecule has 0 bridgehead atoms. The van der Waals surface area contributed by atoms with E-state index in [9.17, 15) is 19.2 Å². The molecule has 9 heteroatoms. The van der Waals surface area contributed by atoms with Crippen LogP contribution in [-0.2, 0) is 19.2 Å². The zero-order chi connectivity index (χ0) is 18.2. The van der Waals surface area contributed by atoms with Crippen molar-refractivity contribution in [2.24, 2.45) is 0 Å². The van der Waals surface area contributed by atoms with Crippen LogP contribution < -0.4 is 27.0 Å². The molecule has 3 amide bonds. The number of ketones is 1. The van der Waals surface area contributed by atoms with Crippen LogP contribution in [0.4, 0.5) is 11.4 Å². The molecule has 6 N–H and O–H groups in total. The highest BCUT2D eigenvalue weighted by Gasteiger charge is 2.22. The number of carbonyl (C=O) groups is 4. The van der Waals surface area contributed by atoms with E-state index < -0.39 is 17.9 Å². The standard InChI is InChI=1S/C16H21N5O4/c17-10-1-3-11(4-2-10)21-15(24)9-20-16(25)13-5-6-14(23)19-8-12(22)7-18-13/h1-4,13,18H,5-9,17H2,(H,19,23)(H,20,25)(H,21,24). The van der Waals surface area contributed by atoms with Gasteiger partial charge in [-0.1, -0.05) is 0 Å². The number of nitrogens with one attached hydrogen (secondary N) is 4. The van der Waals surface area contributed by atoms with Gasteiger partial charge in [-0.3, -0.25) is 24.5 Å². The Hall–Kier alpha value is -2.94. The average Bonchev–Trinajstić information content (AvgIpc) is 2.67. The Labute approximate surface area is 144 Å². The summed E-state index contributed by atoms with van der Waals surface area (Å²) in [6.07, 6.45) is 0.362. The molecule has 9 nitrogen and oxygen atoms in total. The van der Waals surface area contributed by atoms with Gasteiger partial charge in [-0.25, -0.2) is 0 Å². The van der Waals surface area contributed by atoms with Crippen molar-refractivity contribution in [3.05, 3.63) is 24.3 Å². The summed E-state index contributed by atoms with van der Waals surface area (Å²) in [5.41, 5.74) is 6.71. The molecule has 0 aliphatic carbocycles. The predicted molar refractivity (Wildman–Crippen MR) is 91.5 cm³/mol.